The number of fused-ring (bicyclic) bond motifs is 1. The van der Waals surface area contributed by atoms with Crippen LogP contribution in [0.1, 0.15) is 28.0 Å². The monoisotopic (exact) mass is 735 g/mol. The normalized spacial score (nSPS) is 13.1. The van der Waals surface area contributed by atoms with E-state index in [1.165, 1.54) is 19.2 Å². The number of H-pyrrole nitrogens is 1. The first kappa shape index (κ1) is 39.6. The molecule has 4 aromatic rings. The third kappa shape index (κ3) is 11.1. The number of amides is 1. The fraction of sp³-hybridized carbons (Fsp3) is 0.233. The summed E-state index contributed by atoms with van der Waals surface area (Å²) < 4.78 is 105. The molecule has 2 aromatic carbocycles. The fourth-order valence-corrected chi connectivity index (χ4v) is 4.24. The molecule has 1 amide bonds. The highest BCUT2D eigenvalue weighted by atomic mass is 19.4. The van der Waals surface area contributed by atoms with Crippen LogP contribution in [0.5, 0.6) is 0 Å². The minimum atomic E-state index is -5.08. The van der Waals surface area contributed by atoms with Gasteiger partial charge < -0.3 is 31.5 Å². The van der Waals surface area contributed by atoms with Gasteiger partial charge in [0.2, 0.25) is 0 Å². The third-order valence-electron chi connectivity index (χ3n) is 6.57. The quantitative estimate of drug-likeness (QED) is 0.109. The van der Waals surface area contributed by atoms with Crippen molar-refractivity contribution in [1.29, 1.82) is 0 Å². The lowest BCUT2D eigenvalue weighted by atomic mass is 10.0. The number of nitrogens with zero attached hydrogens (tertiary/aromatic N) is 2. The average Bonchev–Trinajstić information content (AvgIpc) is 3.48. The number of carboxylic acid groups (broad SMARTS) is 2. The molecule has 0 bridgehead atoms. The van der Waals surface area contributed by atoms with Crippen molar-refractivity contribution in [2.75, 3.05) is 30.8 Å². The summed E-state index contributed by atoms with van der Waals surface area (Å²) in [6, 6.07) is 13.2. The lowest BCUT2D eigenvalue weighted by molar-refractivity contribution is -0.193. The van der Waals surface area contributed by atoms with E-state index in [2.05, 4.69) is 42.5 Å². The molecule has 21 heteroatoms. The highest BCUT2D eigenvalue weighted by Crippen LogP contribution is 2.38. The van der Waals surface area contributed by atoms with Gasteiger partial charge in [-0.1, -0.05) is 18.2 Å². The number of hydrogen-bond acceptors (Lipinski definition) is 8. The van der Waals surface area contributed by atoms with Gasteiger partial charge in [-0.3, -0.25) is 9.89 Å². The number of halogens is 9. The van der Waals surface area contributed by atoms with Crippen LogP contribution in [0.25, 0.3) is 16.5 Å². The van der Waals surface area contributed by atoms with Gasteiger partial charge in [0.05, 0.1) is 33.7 Å². The molecule has 0 spiro atoms. The van der Waals surface area contributed by atoms with Gasteiger partial charge in [-0.25, -0.2) is 14.6 Å². The lowest BCUT2D eigenvalue weighted by Crippen LogP contribution is -2.21. The van der Waals surface area contributed by atoms with Crippen LogP contribution in [0.15, 0.2) is 60.8 Å². The van der Waals surface area contributed by atoms with Gasteiger partial charge >= 0.3 is 30.5 Å². The van der Waals surface area contributed by atoms with Crippen molar-refractivity contribution in [3.63, 3.8) is 0 Å². The second-order valence-electron chi connectivity index (χ2n) is 10.1. The minimum Gasteiger partial charge on any atom is -0.475 e. The molecule has 51 heavy (non-hydrogen) atoms. The van der Waals surface area contributed by atoms with Gasteiger partial charge in [0.15, 0.2) is 0 Å². The SMILES string of the molecule is CNC(=O)c1ccccc1Nc1cc(Nc2ccc3[nH]nc(C4=CCNCC4)c3c2)ncc1C(F)(F)F.O=C(O)C(F)(F)F.O=C(O)C(F)(F)F. The molecule has 0 atom stereocenters. The number of hydrogen-bond donors (Lipinski definition) is 7. The largest absolute Gasteiger partial charge is 0.490 e. The molecule has 7 N–H and O–H groups in total. The molecule has 1 aliphatic heterocycles. The number of carbonyl (C=O) groups excluding carboxylic acids is 1. The van der Waals surface area contributed by atoms with Gasteiger partial charge in [0.25, 0.3) is 5.91 Å². The number of rotatable bonds is 6. The molecule has 0 radical (unpaired) electrons. The number of para-hydroxylation sites is 1. The number of nitrogens with one attached hydrogen (secondary N) is 5. The predicted octanol–water partition coefficient (Wildman–Crippen LogP) is 6.47. The number of aromatic amines is 1. The predicted molar refractivity (Wildman–Crippen MR) is 165 cm³/mol. The van der Waals surface area contributed by atoms with Crippen LogP contribution in [-0.2, 0) is 15.8 Å². The number of carbonyl (C=O) groups is 3. The molecule has 1 aliphatic rings. The van der Waals surface area contributed by atoms with Crippen LogP contribution in [-0.4, -0.2) is 75.7 Å². The maximum absolute atomic E-state index is 13.8. The van der Waals surface area contributed by atoms with E-state index in [4.69, 9.17) is 19.8 Å². The van der Waals surface area contributed by atoms with Crippen LogP contribution < -0.4 is 21.3 Å². The van der Waals surface area contributed by atoms with Crippen molar-refractivity contribution in [3.8, 4) is 0 Å². The Bertz CT molecular complexity index is 1880. The molecule has 12 nitrogen and oxygen atoms in total. The van der Waals surface area contributed by atoms with Crippen molar-refractivity contribution in [3.05, 3.63) is 77.6 Å². The topological polar surface area (TPSA) is 181 Å². The van der Waals surface area contributed by atoms with Crippen LogP contribution in [0.4, 0.5) is 62.4 Å². The Morgan fingerprint density at radius 3 is 2.02 bits per heavy atom. The number of alkyl halides is 9. The number of benzene rings is 2. The van der Waals surface area contributed by atoms with E-state index in [9.17, 15) is 44.3 Å². The van der Waals surface area contributed by atoms with Crippen molar-refractivity contribution < 1.29 is 64.1 Å². The second kappa shape index (κ2) is 16.2. The Balaban J connectivity index is 0.000000424. The number of aliphatic carboxylic acids is 2. The Morgan fingerprint density at radius 2 is 1.47 bits per heavy atom. The minimum absolute atomic E-state index is 0.207. The molecule has 0 unspecified atom stereocenters. The fourth-order valence-electron chi connectivity index (χ4n) is 4.24. The number of pyridine rings is 1. The maximum atomic E-state index is 13.8. The van der Waals surface area contributed by atoms with E-state index >= 15 is 0 Å². The summed E-state index contributed by atoms with van der Waals surface area (Å²) in [6.45, 7) is 1.64. The van der Waals surface area contributed by atoms with Crippen LogP contribution in [0.2, 0.25) is 0 Å². The van der Waals surface area contributed by atoms with E-state index < -0.39 is 41.9 Å². The first-order chi connectivity index (χ1) is 23.7. The van der Waals surface area contributed by atoms with Gasteiger partial charge in [0, 0.05) is 36.9 Å². The van der Waals surface area contributed by atoms with E-state index in [0.717, 1.165) is 47.9 Å². The van der Waals surface area contributed by atoms with E-state index in [-0.39, 0.29) is 22.8 Å². The summed E-state index contributed by atoms with van der Waals surface area (Å²) >= 11 is 0. The van der Waals surface area contributed by atoms with E-state index in [0.29, 0.717) is 5.69 Å². The molecular formula is C30H26F9N7O5. The van der Waals surface area contributed by atoms with Crippen molar-refractivity contribution in [2.24, 2.45) is 0 Å². The maximum Gasteiger partial charge on any atom is 0.490 e. The molecular weight excluding hydrogens is 709 g/mol. The zero-order valence-electron chi connectivity index (χ0n) is 25.8. The molecule has 0 fully saturated rings. The summed E-state index contributed by atoms with van der Waals surface area (Å²) in [4.78, 5) is 34.0. The van der Waals surface area contributed by atoms with Gasteiger partial charge in [-0.15, -0.1) is 0 Å². The highest BCUT2D eigenvalue weighted by molar-refractivity contribution is 6.00. The van der Waals surface area contributed by atoms with Gasteiger partial charge in [0.1, 0.15) is 5.82 Å². The molecule has 274 valence electrons. The molecule has 2 aromatic heterocycles. The second-order valence-corrected chi connectivity index (χ2v) is 10.1. The highest BCUT2D eigenvalue weighted by Gasteiger charge is 2.39. The summed E-state index contributed by atoms with van der Waals surface area (Å²) in [5.41, 5.74) is 2.77. The first-order valence-corrected chi connectivity index (χ1v) is 14.1. The Labute approximate surface area is 280 Å². The zero-order chi connectivity index (χ0) is 38.1. The van der Waals surface area contributed by atoms with E-state index in [1.54, 1.807) is 24.3 Å². The molecule has 0 aliphatic carbocycles. The summed E-state index contributed by atoms with van der Waals surface area (Å²) in [5, 5.41) is 34.3. The first-order valence-electron chi connectivity index (χ1n) is 14.1. The lowest BCUT2D eigenvalue weighted by Gasteiger charge is -2.17. The summed E-state index contributed by atoms with van der Waals surface area (Å²) in [7, 11) is 1.46. The van der Waals surface area contributed by atoms with Gasteiger partial charge in [-0.2, -0.15) is 44.6 Å². The van der Waals surface area contributed by atoms with Crippen molar-refractivity contribution in [1.82, 2.24) is 25.8 Å². The zero-order valence-corrected chi connectivity index (χ0v) is 25.8. The summed E-state index contributed by atoms with van der Waals surface area (Å²) in [6.07, 6.45) is -11.1. The van der Waals surface area contributed by atoms with Crippen molar-refractivity contribution >= 4 is 57.2 Å². The summed E-state index contributed by atoms with van der Waals surface area (Å²) in [5.74, 6) is -5.73. The third-order valence-corrected chi connectivity index (χ3v) is 6.57. The standard InChI is InChI=1S/C26H24F3N7O.2C2HF3O2/c1-30-25(37)17-4-2-3-5-20(17)34-22-13-23(32-14-19(22)26(27,28)29)33-16-6-7-21-18(12-16)24(36-35-21)15-8-10-31-11-9-15;2*3-2(4,5)1(6)7/h2-8,12-14,31H,9-11H2,1H3,(H,30,37)(H,35,36)(H2,32,33,34);2*(H,6,7). The molecule has 0 saturated heterocycles. The Hall–Kier alpha value is -5.86. The Kier molecular flexibility index (Phi) is 12.6. The number of aromatic nitrogens is 3. The van der Waals surface area contributed by atoms with E-state index in [1.807, 2.05) is 12.1 Å². The van der Waals surface area contributed by atoms with Crippen molar-refractivity contribution in [2.45, 2.75) is 24.9 Å². The molecule has 0 saturated carbocycles. The van der Waals surface area contributed by atoms with Crippen LogP contribution in [0, 0.1) is 0 Å². The molecule has 3 heterocycles. The number of carboxylic acids is 2. The smallest absolute Gasteiger partial charge is 0.475 e. The Morgan fingerprint density at radius 1 is 0.843 bits per heavy atom. The number of anilines is 4. The van der Waals surface area contributed by atoms with Crippen LogP contribution >= 0.6 is 0 Å². The molecule has 5 rings (SSSR count). The average molecular weight is 736 g/mol. The van der Waals surface area contributed by atoms with Gasteiger partial charge in [-0.05, 0) is 48.9 Å². The van der Waals surface area contributed by atoms with Crippen LogP contribution in [0.3, 0.4) is 0 Å².